The van der Waals surface area contributed by atoms with Crippen molar-refractivity contribution in [2.24, 2.45) is 98.6 Å². The lowest BCUT2D eigenvalue weighted by Crippen LogP contribution is -2.66. The predicted octanol–water partition coefficient (Wildman–Crippen LogP) is 10.3. The van der Waals surface area contributed by atoms with Gasteiger partial charge in [0.25, 0.3) is 0 Å². The van der Waals surface area contributed by atoms with Crippen LogP contribution in [0.5, 0.6) is 0 Å². The predicted molar refractivity (Wildman–Crippen MR) is 155 cm³/mol. The molecule has 0 N–H and O–H groups in total. The van der Waals surface area contributed by atoms with Crippen molar-refractivity contribution in [2.75, 3.05) is 0 Å². The van der Waals surface area contributed by atoms with Crippen LogP contribution in [0.3, 0.4) is 0 Å². The summed E-state index contributed by atoms with van der Waals surface area (Å²) >= 11 is 0. The Morgan fingerprint density at radius 2 is 1.68 bits per heavy atom. The third kappa shape index (κ3) is 2.89. The van der Waals surface area contributed by atoms with Crippen LogP contribution in [-0.2, 0) is 0 Å². The highest BCUT2D eigenvalue weighted by Crippen LogP contribution is 2.98. The normalized spacial score (nSPS) is 61.3. The van der Waals surface area contributed by atoms with E-state index in [4.69, 9.17) is 0 Å². The van der Waals surface area contributed by atoms with Crippen LogP contribution in [-0.4, -0.2) is 0 Å². The Bertz CT molecular complexity index is 942. The summed E-state index contributed by atoms with van der Waals surface area (Å²) in [7, 11) is 0. The summed E-state index contributed by atoms with van der Waals surface area (Å²) in [5.74, 6) is 14.0. The molecule has 1 spiro atoms. The Morgan fingerprint density at radius 3 is 2.38 bits per heavy atom. The topological polar surface area (TPSA) is 0 Å². The first kappa shape index (κ1) is 24.8. The van der Waals surface area contributed by atoms with E-state index in [1.807, 2.05) is 0 Å². The van der Waals surface area contributed by atoms with Crippen molar-refractivity contribution in [2.45, 2.75) is 132 Å². The lowest BCUT2D eigenvalue weighted by molar-refractivity contribution is -0.239. The van der Waals surface area contributed by atoms with Gasteiger partial charge in [-0.1, -0.05) is 67.7 Å². The standard InChI is InChI=1S/C37H60/c1-8-13-36-19-26-16-24(10-12-27(23(36)5)32(26)36)17-28-29-18-25(11-9-21(2)3)31-22(4)30(31)20-34(6)35(7,33(28)29)37(34)14-15-37/h21-33H,8-20H2,1-7H3. The minimum Gasteiger partial charge on any atom is -0.0654 e. The van der Waals surface area contributed by atoms with Crippen molar-refractivity contribution >= 4 is 0 Å². The quantitative estimate of drug-likeness (QED) is 0.323. The summed E-state index contributed by atoms with van der Waals surface area (Å²) in [5, 5.41) is 0. The molecule has 8 fully saturated rings. The van der Waals surface area contributed by atoms with Gasteiger partial charge in [-0.05, 0) is 163 Å². The Hall–Kier alpha value is 0. The van der Waals surface area contributed by atoms with E-state index in [-0.39, 0.29) is 0 Å². The summed E-state index contributed by atoms with van der Waals surface area (Å²) in [4.78, 5) is 0. The monoisotopic (exact) mass is 504 g/mol. The second-order valence-corrected chi connectivity index (χ2v) is 18.1. The molecule has 0 nitrogen and oxygen atoms in total. The second-order valence-electron chi connectivity index (χ2n) is 18.1. The first-order chi connectivity index (χ1) is 17.6. The third-order valence-electron chi connectivity index (χ3n) is 17.1. The van der Waals surface area contributed by atoms with E-state index in [1.165, 1.54) is 12.8 Å². The molecule has 37 heavy (non-hydrogen) atoms. The van der Waals surface area contributed by atoms with Gasteiger partial charge in [-0.25, -0.2) is 0 Å². The molecule has 0 aromatic carbocycles. The summed E-state index contributed by atoms with van der Waals surface area (Å²) in [6, 6.07) is 0. The van der Waals surface area contributed by atoms with E-state index in [0.29, 0.717) is 10.8 Å². The van der Waals surface area contributed by atoms with Gasteiger partial charge in [-0.3, -0.25) is 0 Å². The SMILES string of the molecule is CCCC12CC3CC(CC4C5CC(CCC(C)C)C6C(C)C6CC6(C)C7(CC7)C6(C)C45)CCC(C1C)C32. The molecule has 8 aliphatic rings. The minimum absolute atomic E-state index is 0.698. The fourth-order valence-electron chi connectivity index (χ4n) is 15.1. The minimum atomic E-state index is 0.698. The molecule has 0 bridgehead atoms. The molecule has 15 atom stereocenters. The average Bonchev–Trinajstić information content (AvgIpc) is 3.76. The van der Waals surface area contributed by atoms with Crippen LogP contribution in [0.4, 0.5) is 0 Å². The zero-order chi connectivity index (χ0) is 25.7. The van der Waals surface area contributed by atoms with Gasteiger partial charge in [0.05, 0.1) is 0 Å². The largest absolute Gasteiger partial charge is 0.0654 e. The van der Waals surface area contributed by atoms with E-state index in [1.54, 1.807) is 70.6 Å². The van der Waals surface area contributed by atoms with Gasteiger partial charge < -0.3 is 0 Å². The van der Waals surface area contributed by atoms with Crippen molar-refractivity contribution in [3.8, 4) is 0 Å². The molecule has 0 aromatic heterocycles. The molecule has 0 amide bonds. The van der Waals surface area contributed by atoms with Crippen LogP contribution < -0.4 is 0 Å². The van der Waals surface area contributed by atoms with Crippen LogP contribution in [0.25, 0.3) is 0 Å². The smallest absolute Gasteiger partial charge is 0.0171 e. The summed E-state index contributed by atoms with van der Waals surface area (Å²) in [6.07, 6.45) is 20.5. The molecule has 8 saturated carbocycles. The molecule has 0 heteroatoms. The van der Waals surface area contributed by atoms with Crippen LogP contribution >= 0.6 is 0 Å². The molecular formula is C37H60. The van der Waals surface area contributed by atoms with Gasteiger partial charge in [0.2, 0.25) is 0 Å². The highest BCUT2D eigenvalue weighted by atomic mass is 15.0. The molecule has 208 valence electrons. The van der Waals surface area contributed by atoms with Gasteiger partial charge in [0.15, 0.2) is 0 Å². The summed E-state index contributed by atoms with van der Waals surface area (Å²) < 4.78 is 0. The van der Waals surface area contributed by atoms with E-state index < -0.39 is 0 Å². The number of hydrogen-bond donors (Lipinski definition) is 0. The molecular weight excluding hydrogens is 444 g/mol. The summed E-state index contributed by atoms with van der Waals surface area (Å²) in [6.45, 7) is 18.4. The molecule has 15 unspecified atom stereocenters. The van der Waals surface area contributed by atoms with Crippen LogP contribution in [0.1, 0.15) is 132 Å². The zero-order valence-corrected chi connectivity index (χ0v) is 25.7. The highest BCUT2D eigenvalue weighted by molar-refractivity contribution is 5.39. The van der Waals surface area contributed by atoms with Crippen LogP contribution in [0, 0.1) is 98.6 Å². The van der Waals surface area contributed by atoms with Crippen molar-refractivity contribution < 1.29 is 0 Å². The van der Waals surface area contributed by atoms with E-state index in [9.17, 15) is 0 Å². The molecule has 0 saturated heterocycles. The molecule has 8 aliphatic carbocycles. The Balaban J connectivity index is 1.02. The Labute approximate surface area is 230 Å². The number of rotatable bonds is 7. The van der Waals surface area contributed by atoms with Gasteiger partial charge in [0, 0.05) is 0 Å². The van der Waals surface area contributed by atoms with Crippen molar-refractivity contribution in [1.29, 1.82) is 0 Å². The average molecular weight is 505 g/mol. The molecule has 8 rings (SSSR count). The van der Waals surface area contributed by atoms with E-state index >= 15 is 0 Å². The zero-order valence-electron chi connectivity index (χ0n) is 25.7. The molecule has 0 radical (unpaired) electrons. The van der Waals surface area contributed by atoms with Gasteiger partial charge in [0.1, 0.15) is 0 Å². The van der Waals surface area contributed by atoms with Crippen LogP contribution in [0.15, 0.2) is 0 Å². The van der Waals surface area contributed by atoms with Crippen molar-refractivity contribution in [3.63, 3.8) is 0 Å². The fraction of sp³-hybridized carbons (Fsp3) is 1.00. The molecule has 0 heterocycles. The van der Waals surface area contributed by atoms with Gasteiger partial charge >= 0.3 is 0 Å². The molecule has 0 aliphatic heterocycles. The Morgan fingerprint density at radius 1 is 0.892 bits per heavy atom. The first-order valence-corrected chi connectivity index (χ1v) is 17.6. The van der Waals surface area contributed by atoms with Gasteiger partial charge in [-0.15, -0.1) is 0 Å². The lowest BCUT2D eigenvalue weighted by Gasteiger charge is -2.72. The fourth-order valence-corrected chi connectivity index (χ4v) is 15.1. The third-order valence-corrected chi connectivity index (χ3v) is 17.1. The maximum Gasteiger partial charge on any atom is -0.0171 e. The lowest BCUT2D eigenvalue weighted by atomic mass is 9.33. The van der Waals surface area contributed by atoms with E-state index in [2.05, 4.69) is 48.5 Å². The van der Waals surface area contributed by atoms with Crippen LogP contribution in [0.2, 0.25) is 0 Å². The molecule has 0 aromatic rings. The maximum atomic E-state index is 2.86. The highest BCUT2D eigenvalue weighted by Gasteiger charge is 2.92. The van der Waals surface area contributed by atoms with Gasteiger partial charge in [-0.2, -0.15) is 0 Å². The van der Waals surface area contributed by atoms with Crippen molar-refractivity contribution in [1.82, 2.24) is 0 Å². The number of fused-ring (bicyclic) bond motifs is 6. The Kier molecular flexibility index (Phi) is 5.11. The summed E-state index contributed by atoms with van der Waals surface area (Å²) in [5.41, 5.74) is 3.01. The first-order valence-electron chi connectivity index (χ1n) is 17.6. The number of hydrogen-bond acceptors (Lipinski definition) is 0. The second kappa shape index (κ2) is 7.64. The van der Waals surface area contributed by atoms with Crippen molar-refractivity contribution in [3.05, 3.63) is 0 Å². The van der Waals surface area contributed by atoms with E-state index in [0.717, 1.165) is 87.8 Å². The maximum absolute atomic E-state index is 2.86.